The van der Waals surface area contributed by atoms with E-state index in [0.29, 0.717) is 12.3 Å². The highest BCUT2D eigenvalue weighted by molar-refractivity contribution is 5.87. The molecule has 1 aliphatic heterocycles. The van der Waals surface area contributed by atoms with Crippen molar-refractivity contribution in [2.24, 2.45) is 5.92 Å². The van der Waals surface area contributed by atoms with Crippen LogP contribution in [0, 0.1) is 5.92 Å². The third kappa shape index (κ3) is 5.25. The summed E-state index contributed by atoms with van der Waals surface area (Å²) in [6, 6.07) is -1.54. The minimum absolute atomic E-state index is 0.112. The summed E-state index contributed by atoms with van der Waals surface area (Å²) in [5.41, 5.74) is 0. The SMILES string of the molecule is CC1CCNC(C(=O)N[C@@H](CCC(=O)O)C(=O)O)C1. The zero-order valence-corrected chi connectivity index (χ0v) is 10.9. The van der Waals surface area contributed by atoms with Crippen LogP contribution < -0.4 is 10.6 Å². The van der Waals surface area contributed by atoms with E-state index in [1.165, 1.54) is 0 Å². The summed E-state index contributed by atoms with van der Waals surface area (Å²) in [4.78, 5) is 33.3. The van der Waals surface area contributed by atoms with Gasteiger partial charge in [0.1, 0.15) is 6.04 Å². The molecule has 1 aliphatic rings. The Labute approximate surface area is 111 Å². The second kappa shape index (κ2) is 7.08. The molecule has 7 heteroatoms. The van der Waals surface area contributed by atoms with Gasteiger partial charge in [-0.05, 0) is 31.7 Å². The van der Waals surface area contributed by atoms with Crippen LogP contribution in [0.5, 0.6) is 0 Å². The van der Waals surface area contributed by atoms with Crippen LogP contribution in [-0.2, 0) is 14.4 Å². The van der Waals surface area contributed by atoms with Crippen molar-refractivity contribution in [1.82, 2.24) is 10.6 Å². The summed E-state index contributed by atoms with van der Waals surface area (Å²) in [6.45, 7) is 2.77. The lowest BCUT2D eigenvalue weighted by molar-refractivity contribution is -0.143. The van der Waals surface area contributed by atoms with Crippen molar-refractivity contribution in [3.8, 4) is 0 Å². The minimum atomic E-state index is -1.21. The minimum Gasteiger partial charge on any atom is -0.481 e. The highest BCUT2D eigenvalue weighted by atomic mass is 16.4. The fourth-order valence-electron chi connectivity index (χ4n) is 2.10. The number of piperidine rings is 1. The summed E-state index contributed by atoms with van der Waals surface area (Å²) < 4.78 is 0. The summed E-state index contributed by atoms with van der Waals surface area (Å²) in [6.07, 6.45) is 1.26. The molecule has 7 nitrogen and oxygen atoms in total. The van der Waals surface area contributed by atoms with Crippen LogP contribution in [0.4, 0.5) is 0 Å². The molecule has 1 fully saturated rings. The maximum absolute atomic E-state index is 11.9. The Morgan fingerprint density at radius 3 is 2.58 bits per heavy atom. The standard InChI is InChI=1S/C12H20N2O5/c1-7-4-5-13-9(6-7)11(17)14-8(12(18)19)2-3-10(15)16/h7-9,13H,2-6H2,1H3,(H,14,17)(H,15,16)(H,18,19)/t7?,8-,9?/m0/s1. The van der Waals surface area contributed by atoms with Gasteiger partial charge in [-0.3, -0.25) is 9.59 Å². The second-order valence-electron chi connectivity index (χ2n) is 4.97. The van der Waals surface area contributed by atoms with Crippen molar-refractivity contribution in [1.29, 1.82) is 0 Å². The van der Waals surface area contributed by atoms with Crippen LogP contribution in [0.2, 0.25) is 0 Å². The Bertz CT molecular complexity index is 358. The van der Waals surface area contributed by atoms with E-state index >= 15 is 0 Å². The number of aliphatic carboxylic acids is 2. The first kappa shape index (κ1) is 15.4. The van der Waals surface area contributed by atoms with E-state index in [2.05, 4.69) is 10.6 Å². The van der Waals surface area contributed by atoms with Crippen LogP contribution in [0.3, 0.4) is 0 Å². The van der Waals surface area contributed by atoms with Gasteiger partial charge >= 0.3 is 11.9 Å². The fraction of sp³-hybridized carbons (Fsp3) is 0.750. The van der Waals surface area contributed by atoms with E-state index < -0.39 is 24.0 Å². The number of carboxylic acids is 2. The van der Waals surface area contributed by atoms with E-state index in [1.54, 1.807) is 0 Å². The Morgan fingerprint density at radius 2 is 2.05 bits per heavy atom. The van der Waals surface area contributed by atoms with Gasteiger partial charge in [-0.25, -0.2) is 4.79 Å². The lowest BCUT2D eigenvalue weighted by atomic mass is 9.93. The molecule has 1 rings (SSSR count). The molecule has 0 aromatic carbocycles. The molecule has 0 aromatic heterocycles. The summed E-state index contributed by atoms with van der Waals surface area (Å²) in [5.74, 6) is -2.24. The smallest absolute Gasteiger partial charge is 0.326 e. The topological polar surface area (TPSA) is 116 Å². The monoisotopic (exact) mass is 272 g/mol. The van der Waals surface area contributed by atoms with E-state index in [9.17, 15) is 14.4 Å². The predicted molar refractivity (Wildman–Crippen MR) is 66.6 cm³/mol. The largest absolute Gasteiger partial charge is 0.481 e. The Kier molecular flexibility index (Phi) is 5.75. The van der Waals surface area contributed by atoms with Gasteiger partial charge in [-0.15, -0.1) is 0 Å². The van der Waals surface area contributed by atoms with Crippen molar-refractivity contribution >= 4 is 17.8 Å². The van der Waals surface area contributed by atoms with Gasteiger partial charge in [0.15, 0.2) is 0 Å². The molecule has 0 radical (unpaired) electrons. The highest BCUT2D eigenvalue weighted by Gasteiger charge is 2.28. The number of nitrogens with one attached hydrogen (secondary N) is 2. The predicted octanol–water partition coefficient (Wildman–Crippen LogP) is -0.191. The average molecular weight is 272 g/mol. The van der Waals surface area contributed by atoms with Gasteiger partial charge in [0.2, 0.25) is 5.91 Å². The normalized spacial score (nSPS) is 24.5. The van der Waals surface area contributed by atoms with Crippen LogP contribution in [0.15, 0.2) is 0 Å². The van der Waals surface area contributed by atoms with Gasteiger partial charge in [0.25, 0.3) is 0 Å². The van der Waals surface area contributed by atoms with Gasteiger partial charge in [-0.1, -0.05) is 6.92 Å². The van der Waals surface area contributed by atoms with Crippen LogP contribution >= 0.6 is 0 Å². The molecule has 4 N–H and O–H groups in total. The number of rotatable bonds is 6. The third-order valence-corrected chi connectivity index (χ3v) is 3.24. The van der Waals surface area contributed by atoms with Crippen LogP contribution in [0.1, 0.15) is 32.6 Å². The molecule has 108 valence electrons. The number of amides is 1. The Balaban J connectivity index is 2.50. The van der Waals surface area contributed by atoms with E-state index in [-0.39, 0.29) is 18.7 Å². The quantitative estimate of drug-likeness (QED) is 0.532. The van der Waals surface area contributed by atoms with E-state index in [0.717, 1.165) is 13.0 Å². The van der Waals surface area contributed by atoms with Gasteiger partial charge in [0.05, 0.1) is 6.04 Å². The van der Waals surface area contributed by atoms with Crippen molar-refractivity contribution in [3.63, 3.8) is 0 Å². The molecule has 3 atom stereocenters. The van der Waals surface area contributed by atoms with E-state index in [1.807, 2.05) is 6.92 Å². The number of carboxylic acid groups (broad SMARTS) is 2. The summed E-state index contributed by atoms with van der Waals surface area (Å²) >= 11 is 0. The molecule has 0 spiro atoms. The first-order chi connectivity index (χ1) is 8.90. The molecule has 0 saturated carbocycles. The number of carbonyl (C=O) groups is 3. The van der Waals surface area contributed by atoms with E-state index in [4.69, 9.17) is 10.2 Å². The highest BCUT2D eigenvalue weighted by Crippen LogP contribution is 2.15. The van der Waals surface area contributed by atoms with Gasteiger partial charge in [0, 0.05) is 6.42 Å². The van der Waals surface area contributed by atoms with Crippen molar-refractivity contribution in [3.05, 3.63) is 0 Å². The maximum atomic E-state index is 11.9. The van der Waals surface area contributed by atoms with Crippen molar-refractivity contribution < 1.29 is 24.6 Å². The molecule has 1 saturated heterocycles. The lowest BCUT2D eigenvalue weighted by Gasteiger charge is -2.28. The molecule has 1 heterocycles. The van der Waals surface area contributed by atoms with Gasteiger partial charge < -0.3 is 20.8 Å². The number of hydrogen-bond donors (Lipinski definition) is 4. The second-order valence-corrected chi connectivity index (χ2v) is 4.97. The summed E-state index contributed by atoms with van der Waals surface area (Å²) in [5, 5.41) is 22.9. The zero-order chi connectivity index (χ0) is 14.4. The molecule has 0 aromatic rings. The zero-order valence-electron chi connectivity index (χ0n) is 10.9. The molecule has 0 bridgehead atoms. The molecule has 2 unspecified atom stereocenters. The fourth-order valence-corrected chi connectivity index (χ4v) is 2.10. The maximum Gasteiger partial charge on any atom is 0.326 e. The van der Waals surface area contributed by atoms with Gasteiger partial charge in [-0.2, -0.15) is 0 Å². The summed E-state index contributed by atoms with van der Waals surface area (Å²) in [7, 11) is 0. The Morgan fingerprint density at radius 1 is 1.37 bits per heavy atom. The number of carbonyl (C=O) groups excluding carboxylic acids is 1. The van der Waals surface area contributed by atoms with Crippen LogP contribution in [0.25, 0.3) is 0 Å². The Hall–Kier alpha value is -1.63. The molecular formula is C12H20N2O5. The molecule has 1 amide bonds. The first-order valence-electron chi connectivity index (χ1n) is 6.38. The lowest BCUT2D eigenvalue weighted by Crippen LogP contribution is -2.52. The van der Waals surface area contributed by atoms with Crippen molar-refractivity contribution in [2.75, 3.05) is 6.54 Å². The van der Waals surface area contributed by atoms with Crippen LogP contribution in [-0.4, -0.2) is 46.7 Å². The van der Waals surface area contributed by atoms with Crippen molar-refractivity contribution in [2.45, 2.75) is 44.7 Å². The average Bonchev–Trinajstić information content (AvgIpc) is 2.33. The third-order valence-electron chi connectivity index (χ3n) is 3.24. The molecule has 0 aliphatic carbocycles. The molecular weight excluding hydrogens is 252 g/mol. The number of hydrogen-bond acceptors (Lipinski definition) is 4. The molecule has 19 heavy (non-hydrogen) atoms. The first-order valence-corrected chi connectivity index (χ1v) is 6.38.